The zero-order chi connectivity index (χ0) is 22.9. The Hall–Kier alpha value is -2.03. The van der Waals surface area contributed by atoms with Gasteiger partial charge in [-0.25, -0.2) is 0 Å². The van der Waals surface area contributed by atoms with Crippen LogP contribution in [-0.2, 0) is 0 Å². The second-order valence-electron chi connectivity index (χ2n) is 9.22. The molecule has 1 aromatic carbocycles. The van der Waals surface area contributed by atoms with Gasteiger partial charge in [0.15, 0.2) is 5.69 Å². The molecule has 1 unspecified atom stereocenters. The first-order valence-electron chi connectivity index (χ1n) is 10.9. The molecule has 0 spiro atoms. The maximum atomic E-state index is 12.5. The summed E-state index contributed by atoms with van der Waals surface area (Å²) in [6.45, 7) is 11.9. The minimum absolute atomic E-state index is 0.0521. The number of ether oxygens (including phenoxy) is 1. The van der Waals surface area contributed by atoms with Crippen molar-refractivity contribution in [2.24, 2.45) is 5.92 Å². The highest BCUT2D eigenvalue weighted by Crippen LogP contribution is 2.28. The van der Waals surface area contributed by atoms with Gasteiger partial charge < -0.3 is 20.5 Å². The van der Waals surface area contributed by atoms with Crippen molar-refractivity contribution in [1.82, 2.24) is 20.2 Å². The largest absolute Gasteiger partial charge is 0.491 e. The van der Waals surface area contributed by atoms with Crippen LogP contribution >= 0.6 is 11.5 Å². The molecule has 0 fully saturated rings. The smallest absolute Gasteiger partial charge is 0.273 e. The van der Waals surface area contributed by atoms with E-state index in [1.54, 1.807) is 0 Å². The van der Waals surface area contributed by atoms with Gasteiger partial charge in [-0.3, -0.25) is 4.79 Å². The molecule has 0 aliphatic heterocycles. The van der Waals surface area contributed by atoms with Crippen molar-refractivity contribution in [2.75, 3.05) is 19.7 Å². The Labute approximate surface area is 189 Å². The quantitative estimate of drug-likeness (QED) is 0.426. The van der Waals surface area contributed by atoms with E-state index in [1.807, 2.05) is 24.3 Å². The number of carbonyl (C=O) groups excluding carboxylic acids is 1. The van der Waals surface area contributed by atoms with E-state index in [0.717, 1.165) is 29.7 Å². The summed E-state index contributed by atoms with van der Waals surface area (Å²) in [5.41, 5.74) is 1.16. The number of amides is 1. The molecule has 0 bridgehead atoms. The van der Waals surface area contributed by atoms with Crippen molar-refractivity contribution in [2.45, 2.75) is 65.5 Å². The van der Waals surface area contributed by atoms with Crippen LogP contribution < -0.4 is 15.4 Å². The summed E-state index contributed by atoms with van der Waals surface area (Å²) in [4.78, 5) is 13.2. The predicted molar refractivity (Wildman–Crippen MR) is 126 cm³/mol. The van der Waals surface area contributed by atoms with Gasteiger partial charge in [-0.05, 0) is 74.5 Å². The first-order valence-corrected chi connectivity index (χ1v) is 11.7. The fraction of sp³-hybridized carbons (Fsp3) is 0.609. The molecule has 1 atom stereocenters. The van der Waals surface area contributed by atoms with Crippen LogP contribution in [-0.4, -0.2) is 51.9 Å². The Balaban J connectivity index is 1.86. The molecule has 8 heteroatoms. The lowest BCUT2D eigenvalue weighted by molar-refractivity contribution is 0.0948. The Morgan fingerprint density at radius 1 is 1.19 bits per heavy atom. The van der Waals surface area contributed by atoms with Gasteiger partial charge in [0.2, 0.25) is 0 Å². The zero-order valence-corrected chi connectivity index (χ0v) is 20.1. The molecule has 1 heterocycles. The van der Waals surface area contributed by atoms with E-state index in [-0.39, 0.29) is 18.1 Å². The Morgan fingerprint density at radius 2 is 1.90 bits per heavy atom. The van der Waals surface area contributed by atoms with Crippen molar-refractivity contribution in [3.05, 3.63) is 30.0 Å². The van der Waals surface area contributed by atoms with Crippen LogP contribution in [0.25, 0.3) is 10.4 Å². The van der Waals surface area contributed by atoms with E-state index in [0.29, 0.717) is 30.5 Å². The first-order chi connectivity index (χ1) is 14.7. The number of hydrogen-bond acceptors (Lipinski definition) is 7. The SMILES string of the molecule is CC(C)CCCCNC(=O)c1nnsc1-c1ccc(OCC(O)CNC(C)(C)C)cc1. The van der Waals surface area contributed by atoms with Gasteiger partial charge in [0, 0.05) is 18.6 Å². The fourth-order valence-corrected chi connectivity index (χ4v) is 3.54. The molecule has 7 nitrogen and oxygen atoms in total. The summed E-state index contributed by atoms with van der Waals surface area (Å²) in [6, 6.07) is 7.41. The monoisotopic (exact) mass is 448 g/mol. The minimum atomic E-state index is -0.597. The van der Waals surface area contributed by atoms with Gasteiger partial charge in [-0.1, -0.05) is 31.2 Å². The molecule has 0 aliphatic carbocycles. The maximum Gasteiger partial charge on any atom is 0.273 e. The van der Waals surface area contributed by atoms with E-state index in [1.165, 1.54) is 11.5 Å². The molecule has 1 amide bonds. The average Bonchev–Trinajstić information content (AvgIpc) is 3.20. The molecule has 0 radical (unpaired) electrons. The molecule has 0 saturated carbocycles. The summed E-state index contributed by atoms with van der Waals surface area (Å²) in [7, 11) is 0. The number of nitrogens with zero attached hydrogens (tertiary/aromatic N) is 2. The third-order valence-electron chi connectivity index (χ3n) is 4.62. The van der Waals surface area contributed by atoms with Crippen molar-refractivity contribution in [1.29, 1.82) is 0 Å². The zero-order valence-electron chi connectivity index (χ0n) is 19.3. The highest BCUT2D eigenvalue weighted by Gasteiger charge is 2.18. The van der Waals surface area contributed by atoms with Crippen molar-refractivity contribution in [3.63, 3.8) is 0 Å². The van der Waals surface area contributed by atoms with Crippen LogP contribution in [0.3, 0.4) is 0 Å². The van der Waals surface area contributed by atoms with E-state index in [2.05, 4.69) is 54.8 Å². The van der Waals surface area contributed by atoms with E-state index >= 15 is 0 Å². The second kappa shape index (κ2) is 12.1. The highest BCUT2D eigenvalue weighted by atomic mass is 32.1. The maximum absolute atomic E-state index is 12.5. The number of aliphatic hydroxyl groups excluding tert-OH is 1. The predicted octanol–water partition coefficient (Wildman–Crippen LogP) is 3.89. The molecule has 3 N–H and O–H groups in total. The van der Waals surface area contributed by atoms with Crippen LogP contribution in [0.1, 0.15) is 64.4 Å². The Bertz CT molecular complexity index is 800. The van der Waals surface area contributed by atoms with Crippen LogP contribution in [0.2, 0.25) is 0 Å². The Morgan fingerprint density at radius 3 is 2.55 bits per heavy atom. The number of hydrogen-bond donors (Lipinski definition) is 3. The summed E-state index contributed by atoms with van der Waals surface area (Å²) in [5.74, 6) is 1.15. The van der Waals surface area contributed by atoms with Gasteiger partial charge >= 0.3 is 0 Å². The Kier molecular flexibility index (Phi) is 9.87. The minimum Gasteiger partial charge on any atom is -0.491 e. The number of β-amino-alcohol motifs (C(OH)–C–C–N with tert-alkyl or cyclic N) is 1. The molecule has 0 saturated heterocycles. The third kappa shape index (κ3) is 9.33. The average molecular weight is 449 g/mol. The van der Waals surface area contributed by atoms with Gasteiger partial charge in [-0.15, -0.1) is 5.10 Å². The third-order valence-corrected chi connectivity index (χ3v) is 5.40. The molecule has 1 aromatic heterocycles. The molecule has 0 aliphatic rings. The fourth-order valence-electron chi connectivity index (χ4n) is 2.87. The summed E-state index contributed by atoms with van der Waals surface area (Å²) >= 11 is 1.20. The number of nitrogens with one attached hydrogen (secondary N) is 2. The van der Waals surface area contributed by atoms with E-state index < -0.39 is 6.10 Å². The van der Waals surface area contributed by atoms with Crippen LogP contribution in [0.15, 0.2) is 24.3 Å². The number of unbranched alkanes of at least 4 members (excludes halogenated alkanes) is 1. The van der Waals surface area contributed by atoms with Crippen LogP contribution in [0, 0.1) is 5.92 Å². The van der Waals surface area contributed by atoms with Crippen molar-refractivity contribution >= 4 is 17.4 Å². The van der Waals surface area contributed by atoms with Gasteiger partial charge in [0.1, 0.15) is 18.5 Å². The van der Waals surface area contributed by atoms with E-state index in [4.69, 9.17) is 4.74 Å². The topological polar surface area (TPSA) is 96.4 Å². The lowest BCUT2D eigenvalue weighted by Crippen LogP contribution is -2.42. The lowest BCUT2D eigenvalue weighted by Gasteiger charge is -2.22. The summed E-state index contributed by atoms with van der Waals surface area (Å²) in [5, 5.41) is 20.3. The summed E-state index contributed by atoms with van der Waals surface area (Å²) < 4.78 is 9.65. The number of carbonyl (C=O) groups is 1. The normalized spacial score (nSPS) is 12.7. The standard InChI is InChI=1S/C23H36N4O3S/c1-16(2)8-6-7-13-24-22(29)20-21(31-27-26-20)17-9-11-19(12-10-17)30-15-18(28)14-25-23(3,4)5/h9-12,16,18,25,28H,6-8,13-15H2,1-5H3,(H,24,29). The number of aliphatic hydroxyl groups is 1. The van der Waals surface area contributed by atoms with Crippen LogP contribution in [0.4, 0.5) is 0 Å². The van der Waals surface area contributed by atoms with Crippen molar-refractivity contribution < 1.29 is 14.6 Å². The molecule has 2 aromatic rings. The van der Waals surface area contributed by atoms with Crippen LogP contribution in [0.5, 0.6) is 5.75 Å². The van der Waals surface area contributed by atoms with Gasteiger partial charge in [0.05, 0.1) is 4.88 Å². The lowest BCUT2D eigenvalue weighted by atomic mass is 10.1. The van der Waals surface area contributed by atoms with E-state index in [9.17, 15) is 9.90 Å². The molecular formula is C23H36N4O3S. The number of benzene rings is 1. The second-order valence-corrected chi connectivity index (χ2v) is 9.97. The summed E-state index contributed by atoms with van der Waals surface area (Å²) in [6.07, 6.45) is 2.63. The van der Waals surface area contributed by atoms with Gasteiger partial charge in [-0.2, -0.15) is 0 Å². The number of rotatable bonds is 12. The molecule has 31 heavy (non-hydrogen) atoms. The highest BCUT2D eigenvalue weighted by molar-refractivity contribution is 7.09. The molecule has 2 rings (SSSR count). The number of aromatic nitrogens is 2. The molecule has 172 valence electrons. The first kappa shape index (κ1) is 25.2. The van der Waals surface area contributed by atoms with Gasteiger partial charge in [0.25, 0.3) is 5.91 Å². The van der Waals surface area contributed by atoms with Crippen molar-refractivity contribution in [3.8, 4) is 16.2 Å². The molecular weight excluding hydrogens is 412 g/mol.